The van der Waals surface area contributed by atoms with E-state index in [0.29, 0.717) is 11.7 Å². The van der Waals surface area contributed by atoms with E-state index in [1.165, 1.54) is 12.1 Å². The summed E-state index contributed by atoms with van der Waals surface area (Å²) in [6.45, 7) is 3.54. The summed E-state index contributed by atoms with van der Waals surface area (Å²) in [7, 11) is 0. The number of aromatic carboxylic acids is 1. The number of hydrogen-bond donors (Lipinski definition) is 2. The first-order chi connectivity index (χ1) is 8.97. The summed E-state index contributed by atoms with van der Waals surface area (Å²) < 4.78 is 19.0. The van der Waals surface area contributed by atoms with Gasteiger partial charge in [0, 0.05) is 0 Å². The lowest BCUT2D eigenvalue weighted by Gasteiger charge is -2.12. The van der Waals surface area contributed by atoms with Gasteiger partial charge in [-0.25, -0.2) is 14.2 Å². The van der Waals surface area contributed by atoms with Crippen molar-refractivity contribution in [1.82, 2.24) is 4.98 Å². The highest BCUT2D eigenvalue weighted by atomic mass is 19.1. The first-order valence-electron chi connectivity index (χ1n) is 5.69. The van der Waals surface area contributed by atoms with Crippen LogP contribution in [-0.4, -0.2) is 16.1 Å². The van der Waals surface area contributed by atoms with Crippen LogP contribution in [0.5, 0.6) is 0 Å². The van der Waals surface area contributed by atoms with Crippen LogP contribution in [0, 0.1) is 12.7 Å². The van der Waals surface area contributed by atoms with E-state index < -0.39 is 11.8 Å². The van der Waals surface area contributed by atoms with Gasteiger partial charge in [0.1, 0.15) is 17.6 Å². The molecule has 2 N–H and O–H groups in total. The summed E-state index contributed by atoms with van der Waals surface area (Å²) >= 11 is 0. The normalized spacial score (nSPS) is 12.2. The highest BCUT2D eigenvalue weighted by molar-refractivity contribution is 5.88. The van der Waals surface area contributed by atoms with E-state index >= 15 is 0 Å². The van der Waals surface area contributed by atoms with Gasteiger partial charge in [0.05, 0.1) is 17.4 Å². The van der Waals surface area contributed by atoms with E-state index in [1.807, 2.05) is 0 Å². The van der Waals surface area contributed by atoms with Crippen molar-refractivity contribution in [2.75, 3.05) is 5.32 Å². The molecule has 2 rings (SSSR count). The number of aromatic nitrogens is 1. The molecule has 0 amide bonds. The molecule has 0 fully saturated rings. The van der Waals surface area contributed by atoms with Gasteiger partial charge in [0.2, 0.25) is 5.89 Å². The lowest BCUT2D eigenvalue weighted by Crippen LogP contribution is -2.09. The predicted molar refractivity (Wildman–Crippen MR) is 66.6 cm³/mol. The van der Waals surface area contributed by atoms with Crippen LogP contribution in [0.1, 0.15) is 35.0 Å². The van der Waals surface area contributed by atoms with Crippen molar-refractivity contribution >= 4 is 11.7 Å². The molecule has 0 spiro atoms. The van der Waals surface area contributed by atoms with E-state index in [0.717, 1.165) is 6.07 Å². The summed E-state index contributed by atoms with van der Waals surface area (Å²) in [6.07, 6.45) is 1.58. The fourth-order valence-corrected chi connectivity index (χ4v) is 1.63. The second kappa shape index (κ2) is 5.09. The fourth-order valence-electron chi connectivity index (χ4n) is 1.63. The van der Waals surface area contributed by atoms with Crippen molar-refractivity contribution in [2.24, 2.45) is 0 Å². The molecule has 0 aliphatic heterocycles. The average molecular weight is 264 g/mol. The first-order valence-corrected chi connectivity index (χ1v) is 5.69. The number of anilines is 1. The smallest absolute Gasteiger partial charge is 0.335 e. The number of benzene rings is 1. The Kier molecular flexibility index (Phi) is 3.50. The molecule has 0 saturated carbocycles. The third-order valence-electron chi connectivity index (χ3n) is 2.60. The third kappa shape index (κ3) is 2.90. The Morgan fingerprint density at radius 1 is 1.53 bits per heavy atom. The molecule has 1 heterocycles. The van der Waals surface area contributed by atoms with Crippen LogP contribution in [0.15, 0.2) is 28.8 Å². The Morgan fingerprint density at radius 2 is 2.26 bits per heavy atom. The van der Waals surface area contributed by atoms with Crippen molar-refractivity contribution < 1.29 is 18.7 Å². The maximum atomic E-state index is 13.7. The SMILES string of the molecule is Cc1cnc(C(C)Nc2ccc(C(=O)O)cc2F)o1. The molecule has 5 nitrogen and oxygen atoms in total. The molecule has 2 aromatic rings. The Balaban J connectivity index is 2.17. The van der Waals surface area contributed by atoms with Crippen LogP contribution >= 0.6 is 0 Å². The number of nitrogens with one attached hydrogen (secondary N) is 1. The number of carboxylic acid groups (broad SMARTS) is 1. The Morgan fingerprint density at radius 3 is 2.79 bits per heavy atom. The number of nitrogens with zero attached hydrogens (tertiary/aromatic N) is 1. The Labute approximate surface area is 109 Å². The molecule has 0 bridgehead atoms. The molecule has 1 aromatic heterocycles. The van der Waals surface area contributed by atoms with Gasteiger partial charge in [-0.3, -0.25) is 0 Å². The quantitative estimate of drug-likeness (QED) is 0.887. The second-order valence-electron chi connectivity index (χ2n) is 4.17. The van der Waals surface area contributed by atoms with Gasteiger partial charge in [-0.2, -0.15) is 0 Å². The minimum Gasteiger partial charge on any atom is -0.478 e. The molecule has 6 heteroatoms. The molecule has 0 aliphatic rings. The zero-order valence-electron chi connectivity index (χ0n) is 10.5. The molecule has 0 aliphatic carbocycles. The minimum absolute atomic E-state index is 0.0947. The third-order valence-corrected chi connectivity index (χ3v) is 2.60. The van der Waals surface area contributed by atoms with Crippen LogP contribution in [0.3, 0.4) is 0 Å². The number of aryl methyl sites for hydroxylation is 1. The minimum atomic E-state index is -1.16. The van der Waals surface area contributed by atoms with E-state index in [1.54, 1.807) is 20.0 Å². The molecule has 1 unspecified atom stereocenters. The van der Waals surface area contributed by atoms with Crippen LogP contribution in [0.4, 0.5) is 10.1 Å². The van der Waals surface area contributed by atoms with Crippen LogP contribution in [0.2, 0.25) is 0 Å². The molecule has 1 aromatic carbocycles. The van der Waals surface area contributed by atoms with Crippen LogP contribution in [-0.2, 0) is 0 Å². The fraction of sp³-hybridized carbons (Fsp3) is 0.231. The van der Waals surface area contributed by atoms with Gasteiger partial charge >= 0.3 is 5.97 Å². The van der Waals surface area contributed by atoms with Crippen molar-refractivity contribution in [1.29, 1.82) is 0 Å². The maximum absolute atomic E-state index is 13.7. The summed E-state index contributed by atoms with van der Waals surface area (Å²) in [6, 6.07) is 3.36. The number of carbonyl (C=O) groups is 1. The molecule has 100 valence electrons. The van der Waals surface area contributed by atoms with Crippen LogP contribution in [0.25, 0.3) is 0 Å². The van der Waals surface area contributed by atoms with Crippen molar-refractivity contribution in [3.63, 3.8) is 0 Å². The zero-order valence-corrected chi connectivity index (χ0v) is 10.5. The van der Waals surface area contributed by atoms with E-state index in [-0.39, 0.29) is 17.3 Å². The van der Waals surface area contributed by atoms with Crippen molar-refractivity contribution in [3.05, 3.63) is 47.4 Å². The number of hydrogen-bond acceptors (Lipinski definition) is 4. The van der Waals surface area contributed by atoms with E-state index in [4.69, 9.17) is 9.52 Å². The van der Waals surface area contributed by atoms with Gasteiger partial charge in [-0.1, -0.05) is 0 Å². The lowest BCUT2D eigenvalue weighted by molar-refractivity contribution is 0.0696. The molecule has 0 saturated heterocycles. The summed E-state index contributed by atoms with van der Waals surface area (Å²) in [5.41, 5.74) is 0.107. The van der Waals surface area contributed by atoms with Crippen LogP contribution < -0.4 is 5.32 Å². The summed E-state index contributed by atoms with van der Waals surface area (Å²) in [5, 5.41) is 11.6. The summed E-state index contributed by atoms with van der Waals surface area (Å²) in [5.74, 6) is -0.679. The van der Waals surface area contributed by atoms with Gasteiger partial charge in [0.25, 0.3) is 0 Å². The number of carboxylic acids is 1. The summed E-state index contributed by atoms with van der Waals surface area (Å²) in [4.78, 5) is 14.7. The van der Waals surface area contributed by atoms with Crippen molar-refractivity contribution in [3.8, 4) is 0 Å². The zero-order chi connectivity index (χ0) is 14.0. The topological polar surface area (TPSA) is 75.4 Å². The van der Waals surface area contributed by atoms with Gasteiger partial charge < -0.3 is 14.8 Å². The predicted octanol–water partition coefficient (Wildman–Crippen LogP) is 2.99. The number of rotatable bonds is 4. The highest BCUT2D eigenvalue weighted by Crippen LogP contribution is 2.22. The Bertz CT molecular complexity index is 610. The average Bonchev–Trinajstić information content (AvgIpc) is 2.78. The number of oxazole rings is 1. The van der Waals surface area contributed by atoms with E-state index in [9.17, 15) is 9.18 Å². The van der Waals surface area contributed by atoms with Gasteiger partial charge in [-0.15, -0.1) is 0 Å². The van der Waals surface area contributed by atoms with Gasteiger partial charge in [-0.05, 0) is 32.0 Å². The van der Waals surface area contributed by atoms with Gasteiger partial charge in [0.15, 0.2) is 0 Å². The molecule has 0 radical (unpaired) electrons. The van der Waals surface area contributed by atoms with E-state index in [2.05, 4.69) is 10.3 Å². The molecular weight excluding hydrogens is 251 g/mol. The standard InChI is InChI=1S/C13H13FN2O3/c1-7-6-15-12(19-7)8(2)16-11-4-3-9(13(17)18)5-10(11)14/h3-6,8,16H,1-2H3,(H,17,18). The monoisotopic (exact) mass is 264 g/mol. The second-order valence-corrected chi connectivity index (χ2v) is 4.17. The molecular formula is C13H13FN2O3. The Hall–Kier alpha value is -2.37. The molecule has 19 heavy (non-hydrogen) atoms. The first kappa shape index (κ1) is 13.1. The largest absolute Gasteiger partial charge is 0.478 e. The van der Waals surface area contributed by atoms with Crippen molar-refractivity contribution in [2.45, 2.75) is 19.9 Å². The molecule has 1 atom stereocenters. The number of halogens is 1. The highest BCUT2D eigenvalue weighted by Gasteiger charge is 2.14. The maximum Gasteiger partial charge on any atom is 0.335 e. The lowest BCUT2D eigenvalue weighted by atomic mass is 10.2.